The maximum atomic E-state index is 12.4. The summed E-state index contributed by atoms with van der Waals surface area (Å²) in [7, 11) is 0. The molecule has 0 spiro atoms. The molecule has 0 aromatic carbocycles. The predicted octanol–water partition coefficient (Wildman–Crippen LogP) is 2.19. The Morgan fingerprint density at radius 2 is 1.83 bits per heavy atom. The van der Waals surface area contributed by atoms with Crippen molar-refractivity contribution in [2.24, 2.45) is 29.4 Å². The summed E-state index contributed by atoms with van der Waals surface area (Å²) in [6, 6.07) is 0. The third kappa shape index (κ3) is 4.93. The van der Waals surface area contributed by atoms with E-state index in [1.165, 1.54) is 12.8 Å². The molecule has 1 saturated heterocycles. The molecule has 2 aliphatic rings. The SMILES string of the molecule is CC(C)[C@H]1CC[C@@H](C)C[C@@H]1OCC(=O)N1CCC(C(N)=O)CC1. The van der Waals surface area contributed by atoms with Crippen LogP contribution in [0.1, 0.15) is 52.9 Å². The molecule has 23 heavy (non-hydrogen) atoms. The molecule has 1 saturated carbocycles. The topological polar surface area (TPSA) is 72.6 Å². The Balaban J connectivity index is 1.80. The number of hydrogen-bond acceptors (Lipinski definition) is 3. The van der Waals surface area contributed by atoms with E-state index in [9.17, 15) is 9.59 Å². The van der Waals surface area contributed by atoms with Crippen LogP contribution >= 0.6 is 0 Å². The summed E-state index contributed by atoms with van der Waals surface area (Å²) >= 11 is 0. The van der Waals surface area contributed by atoms with Gasteiger partial charge in [-0.25, -0.2) is 0 Å². The van der Waals surface area contributed by atoms with Gasteiger partial charge in [-0.1, -0.05) is 27.2 Å². The second-order valence-electron chi connectivity index (χ2n) is 7.73. The maximum absolute atomic E-state index is 12.4. The number of carbonyl (C=O) groups excluding carboxylic acids is 2. The maximum Gasteiger partial charge on any atom is 0.248 e. The molecule has 0 aromatic rings. The lowest BCUT2D eigenvalue weighted by molar-refractivity contribution is -0.144. The standard InChI is InChI=1S/C18H32N2O3/c1-12(2)15-5-4-13(3)10-16(15)23-11-17(21)20-8-6-14(7-9-20)18(19)22/h12-16H,4-11H2,1-3H3,(H2,19,22)/t13-,15-,16+/m1/s1. The number of piperidine rings is 1. The number of primary amides is 1. The van der Waals surface area contributed by atoms with Gasteiger partial charge in [0.15, 0.2) is 0 Å². The molecule has 2 rings (SSSR count). The molecular formula is C18H32N2O3. The van der Waals surface area contributed by atoms with Gasteiger partial charge in [-0.2, -0.15) is 0 Å². The summed E-state index contributed by atoms with van der Waals surface area (Å²) in [5.74, 6) is 1.55. The Kier molecular flexibility index (Phi) is 6.45. The lowest BCUT2D eigenvalue weighted by atomic mass is 9.75. The summed E-state index contributed by atoms with van der Waals surface area (Å²) < 4.78 is 6.03. The molecule has 132 valence electrons. The van der Waals surface area contributed by atoms with Gasteiger partial charge in [0.05, 0.1) is 6.10 Å². The molecule has 1 aliphatic carbocycles. The highest BCUT2D eigenvalue weighted by Crippen LogP contribution is 2.35. The average molecular weight is 324 g/mol. The normalized spacial score (nSPS) is 29.7. The molecule has 2 fully saturated rings. The van der Waals surface area contributed by atoms with E-state index in [0.29, 0.717) is 43.7 Å². The monoisotopic (exact) mass is 324 g/mol. The molecule has 1 heterocycles. The largest absolute Gasteiger partial charge is 0.369 e. The molecule has 5 heteroatoms. The highest BCUT2D eigenvalue weighted by molar-refractivity contribution is 5.79. The van der Waals surface area contributed by atoms with Crippen molar-refractivity contribution in [2.75, 3.05) is 19.7 Å². The Morgan fingerprint density at radius 1 is 1.17 bits per heavy atom. The average Bonchev–Trinajstić information content (AvgIpc) is 2.52. The van der Waals surface area contributed by atoms with Crippen molar-refractivity contribution in [1.29, 1.82) is 0 Å². The van der Waals surface area contributed by atoms with Crippen LogP contribution in [0.3, 0.4) is 0 Å². The fourth-order valence-corrected chi connectivity index (χ4v) is 3.99. The van der Waals surface area contributed by atoms with E-state index < -0.39 is 0 Å². The van der Waals surface area contributed by atoms with Crippen LogP contribution in [-0.2, 0) is 14.3 Å². The van der Waals surface area contributed by atoms with Gasteiger partial charge < -0.3 is 15.4 Å². The van der Waals surface area contributed by atoms with E-state index in [1.807, 2.05) is 4.90 Å². The summed E-state index contributed by atoms with van der Waals surface area (Å²) in [4.78, 5) is 25.4. The lowest BCUT2D eigenvalue weighted by Gasteiger charge is -2.37. The number of rotatable bonds is 5. The zero-order valence-electron chi connectivity index (χ0n) is 14.8. The minimum absolute atomic E-state index is 0.0497. The third-order valence-electron chi connectivity index (χ3n) is 5.63. The van der Waals surface area contributed by atoms with Crippen LogP contribution in [0, 0.1) is 23.7 Å². The molecule has 1 aliphatic heterocycles. The predicted molar refractivity (Wildman–Crippen MR) is 89.6 cm³/mol. The number of nitrogens with zero attached hydrogens (tertiary/aromatic N) is 1. The Bertz CT molecular complexity index is 416. The Labute approximate surface area is 139 Å². The summed E-state index contributed by atoms with van der Waals surface area (Å²) in [5, 5.41) is 0. The number of carbonyl (C=O) groups is 2. The smallest absolute Gasteiger partial charge is 0.248 e. The number of hydrogen-bond donors (Lipinski definition) is 1. The van der Waals surface area contributed by atoms with E-state index in [0.717, 1.165) is 6.42 Å². The van der Waals surface area contributed by atoms with Crippen LogP contribution in [0.15, 0.2) is 0 Å². The number of nitrogens with two attached hydrogens (primary N) is 1. The first-order chi connectivity index (χ1) is 10.9. The number of amides is 2. The minimum Gasteiger partial charge on any atom is -0.369 e. The van der Waals surface area contributed by atoms with Crippen LogP contribution in [0.5, 0.6) is 0 Å². The fraction of sp³-hybridized carbons (Fsp3) is 0.889. The fourth-order valence-electron chi connectivity index (χ4n) is 3.99. The van der Waals surface area contributed by atoms with Crippen molar-refractivity contribution >= 4 is 11.8 Å². The van der Waals surface area contributed by atoms with E-state index in [1.54, 1.807) is 0 Å². The van der Waals surface area contributed by atoms with Crippen LogP contribution in [0.2, 0.25) is 0 Å². The Morgan fingerprint density at radius 3 is 2.39 bits per heavy atom. The van der Waals surface area contributed by atoms with Gasteiger partial charge in [0.25, 0.3) is 0 Å². The van der Waals surface area contributed by atoms with Crippen LogP contribution < -0.4 is 5.73 Å². The molecule has 0 bridgehead atoms. The van der Waals surface area contributed by atoms with E-state index in [-0.39, 0.29) is 30.4 Å². The van der Waals surface area contributed by atoms with Gasteiger partial charge in [-0.3, -0.25) is 9.59 Å². The van der Waals surface area contributed by atoms with Gasteiger partial charge in [0, 0.05) is 19.0 Å². The zero-order chi connectivity index (χ0) is 17.0. The highest BCUT2D eigenvalue weighted by Gasteiger charge is 2.32. The molecule has 0 unspecified atom stereocenters. The molecule has 3 atom stereocenters. The molecule has 2 N–H and O–H groups in total. The first kappa shape index (κ1) is 18.2. The van der Waals surface area contributed by atoms with Gasteiger partial charge >= 0.3 is 0 Å². The zero-order valence-corrected chi connectivity index (χ0v) is 14.8. The molecule has 5 nitrogen and oxygen atoms in total. The molecule has 0 radical (unpaired) electrons. The van der Waals surface area contributed by atoms with Gasteiger partial charge in [-0.05, 0) is 43.4 Å². The summed E-state index contributed by atoms with van der Waals surface area (Å²) in [5.41, 5.74) is 5.33. The Hall–Kier alpha value is -1.10. The quantitative estimate of drug-likeness (QED) is 0.842. The van der Waals surface area contributed by atoms with E-state index in [4.69, 9.17) is 10.5 Å². The van der Waals surface area contributed by atoms with Gasteiger partial charge in [-0.15, -0.1) is 0 Å². The molecule has 2 amide bonds. The third-order valence-corrected chi connectivity index (χ3v) is 5.63. The lowest BCUT2D eigenvalue weighted by Crippen LogP contribution is -2.44. The van der Waals surface area contributed by atoms with Crippen molar-refractivity contribution in [3.8, 4) is 0 Å². The van der Waals surface area contributed by atoms with E-state index in [2.05, 4.69) is 20.8 Å². The van der Waals surface area contributed by atoms with Crippen LogP contribution in [0.25, 0.3) is 0 Å². The number of ether oxygens (including phenoxy) is 1. The van der Waals surface area contributed by atoms with Crippen molar-refractivity contribution in [3.05, 3.63) is 0 Å². The van der Waals surface area contributed by atoms with Crippen molar-refractivity contribution in [3.63, 3.8) is 0 Å². The van der Waals surface area contributed by atoms with Crippen molar-refractivity contribution in [1.82, 2.24) is 4.90 Å². The summed E-state index contributed by atoms with van der Waals surface area (Å²) in [6.45, 7) is 8.15. The van der Waals surface area contributed by atoms with Crippen LogP contribution in [0.4, 0.5) is 0 Å². The van der Waals surface area contributed by atoms with E-state index >= 15 is 0 Å². The minimum atomic E-state index is -0.246. The first-order valence-electron chi connectivity index (χ1n) is 9.07. The van der Waals surface area contributed by atoms with Crippen LogP contribution in [-0.4, -0.2) is 42.5 Å². The number of likely N-dealkylation sites (tertiary alicyclic amines) is 1. The second-order valence-corrected chi connectivity index (χ2v) is 7.73. The first-order valence-corrected chi connectivity index (χ1v) is 9.07. The van der Waals surface area contributed by atoms with Gasteiger partial charge in [0.2, 0.25) is 11.8 Å². The highest BCUT2D eigenvalue weighted by atomic mass is 16.5. The van der Waals surface area contributed by atoms with Crippen molar-refractivity contribution in [2.45, 2.75) is 59.0 Å². The van der Waals surface area contributed by atoms with Gasteiger partial charge in [0.1, 0.15) is 6.61 Å². The molecular weight excluding hydrogens is 292 g/mol. The summed E-state index contributed by atoms with van der Waals surface area (Å²) in [6.07, 6.45) is 5.07. The van der Waals surface area contributed by atoms with Crippen molar-refractivity contribution < 1.29 is 14.3 Å². The molecule has 0 aromatic heterocycles. The second kappa shape index (κ2) is 8.13.